The van der Waals surface area contributed by atoms with Gasteiger partial charge >= 0.3 is 0 Å². The molecule has 0 aliphatic rings. The lowest BCUT2D eigenvalue weighted by molar-refractivity contribution is 0.468. The van der Waals surface area contributed by atoms with Crippen LogP contribution >= 0.6 is 31.9 Å². The van der Waals surface area contributed by atoms with Gasteiger partial charge < -0.3 is 5.11 Å². The molecule has 1 heterocycles. The first kappa shape index (κ1) is 16.7. The van der Waals surface area contributed by atoms with E-state index in [1.165, 1.54) is 6.07 Å². The molecule has 0 aliphatic heterocycles. The SMILES string of the molecule is CCCc1cc(=O)[nH]c(N/N=C/c2cc(Br)c(O)c(Br)c2)n1. The Labute approximate surface area is 143 Å². The van der Waals surface area contributed by atoms with Crippen molar-refractivity contribution in [3.8, 4) is 5.75 Å². The number of aromatic hydroxyl groups is 1. The molecule has 6 nitrogen and oxygen atoms in total. The Hall–Kier alpha value is -1.67. The van der Waals surface area contributed by atoms with Crippen molar-refractivity contribution in [3.63, 3.8) is 0 Å². The van der Waals surface area contributed by atoms with Gasteiger partial charge in [-0.15, -0.1) is 0 Å². The number of hydrazone groups is 1. The van der Waals surface area contributed by atoms with Crippen molar-refractivity contribution < 1.29 is 5.11 Å². The molecule has 0 atom stereocenters. The summed E-state index contributed by atoms with van der Waals surface area (Å²) < 4.78 is 1.11. The van der Waals surface area contributed by atoms with Gasteiger partial charge in [0.05, 0.1) is 15.2 Å². The van der Waals surface area contributed by atoms with Crippen LogP contribution in [0.4, 0.5) is 5.95 Å². The summed E-state index contributed by atoms with van der Waals surface area (Å²) in [7, 11) is 0. The predicted octanol–water partition coefficient (Wildman–Crippen LogP) is 3.40. The molecule has 0 saturated carbocycles. The number of H-pyrrole nitrogens is 1. The Bertz CT molecular complexity index is 736. The molecule has 0 fully saturated rings. The number of aromatic nitrogens is 2. The highest BCUT2D eigenvalue weighted by Crippen LogP contribution is 2.32. The largest absolute Gasteiger partial charge is 0.506 e. The van der Waals surface area contributed by atoms with E-state index in [4.69, 9.17) is 0 Å². The highest BCUT2D eigenvalue weighted by molar-refractivity contribution is 9.11. The normalized spacial score (nSPS) is 11.0. The first-order valence-electron chi connectivity index (χ1n) is 6.57. The van der Waals surface area contributed by atoms with Gasteiger partial charge in [0, 0.05) is 11.8 Å². The smallest absolute Gasteiger partial charge is 0.252 e. The van der Waals surface area contributed by atoms with Gasteiger partial charge in [-0.25, -0.2) is 10.4 Å². The van der Waals surface area contributed by atoms with E-state index >= 15 is 0 Å². The van der Waals surface area contributed by atoms with Crippen LogP contribution in [0, 0.1) is 0 Å². The molecule has 2 aromatic rings. The minimum atomic E-state index is -0.216. The number of phenols is 1. The summed E-state index contributed by atoms with van der Waals surface area (Å²) in [5.74, 6) is 0.424. The van der Waals surface area contributed by atoms with E-state index in [-0.39, 0.29) is 11.3 Å². The fraction of sp³-hybridized carbons (Fsp3) is 0.214. The van der Waals surface area contributed by atoms with Crippen molar-refractivity contribution in [1.82, 2.24) is 9.97 Å². The number of nitrogens with zero attached hydrogens (tertiary/aromatic N) is 2. The number of hydrogen-bond acceptors (Lipinski definition) is 5. The molecule has 8 heteroatoms. The number of aromatic amines is 1. The molecule has 0 amide bonds. The number of hydrogen-bond donors (Lipinski definition) is 3. The van der Waals surface area contributed by atoms with Crippen LogP contribution in [0.3, 0.4) is 0 Å². The maximum Gasteiger partial charge on any atom is 0.252 e. The monoisotopic (exact) mass is 428 g/mol. The molecule has 1 aromatic carbocycles. The van der Waals surface area contributed by atoms with Gasteiger partial charge in [-0.2, -0.15) is 5.10 Å². The van der Waals surface area contributed by atoms with Crippen LogP contribution in [0.25, 0.3) is 0 Å². The second kappa shape index (κ2) is 7.55. The average molecular weight is 430 g/mol. The predicted molar refractivity (Wildman–Crippen MR) is 93.6 cm³/mol. The van der Waals surface area contributed by atoms with Crippen LogP contribution in [0.1, 0.15) is 24.6 Å². The summed E-state index contributed by atoms with van der Waals surface area (Å²) in [4.78, 5) is 18.4. The molecule has 0 aliphatic carbocycles. The van der Waals surface area contributed by atoms with Crippen molar-refractivity contribution in [2.75, 3.05) is 5.43 Å². The van der Waals surface area contributed by atoms with Crippen molar-refractivity contribution >= 4 is 44.0 Å². The Morgan fingerprint density at radius 1 is 1.36 bits per heavy atom. The molecule has 0 bridgehead atoms. The van der Waals surface area contributed by atoms with Crippen LogP contribution < -0.4 is 11.0 Å². The highest BCUT2D eigenvalue weighted by Gasteiger charge is 2.04. The zero-order chi connectivity index (χ0) is 16.1. The van der Waals surface area contributed by atoms with Crippen molar-refractivity contribution in [1.29, 1.82) is 0 Å². The minimum absolute atomic E-state index is 0.128. The van der Waals surface area contributed by atoms with Crippen LogP contribution in [0.15, 0.2) is 37.0 Å². The molecule has 22 heavy (non-hydrogen) atoms. The summed E-state index contributed by atoms with van der Waals surface area (Å²) >= 11 is 6.50. The van der Waals surface area contributed by atoms with Crippen LogP contribution in [0.2, 0.25) is 0 Å². The first-order valence-corrected chi connectivity index (χ1v) is 8.15. The van der Waals surface area contributed by atoms with E-state index in [0.29, 0.717) is 14.9 Å². The third-order valence-electron chi connectivity index (χ3n) is 2.72. The number of aryl methyl sites for hydroxylation is 1. The fourth-order valence-electron chi connectivity index (χ4n) is 1.77. The molecule has 1 aromatic heterocycles. The lowest BCUT2D eigenvalue weighted by Gasteiger charge is -2.03. The quantitative estimate of drug-likeness (QED) is 0.501. The van der Waals surface area contributed by atoms with Crippen molar-refractivity contribution in [2.24, 2.45) is 5.10 Å². The number of halogens is 2. The topological polar surface area (TPSA) is 90.4 Å². The van der Waals surface area contributed by atoms with Crippen molar-refractivity contribution in [3.05, 3.63) is 48.8 Å². The fourth-order valence-corrected chi connectivity index (χ4v) is 2.99. The maximum absolute atomic E-state index is 11.5. The lowest BCUT2D eigenvalue weighted by atomic mass is 10.2. The zero-order valence-corrected chi connectivity index (χ0v) is 14.9. The van der Waals surface area contributed by atoms with Gasteiger partial charge in [0.15, 0.2) is 0 Å². The summed E-state index contributed by atoms with van der Waals surface area (Å²) in [6.07, 6.45) is 3.20. The third-order valence-corrected chi connectivity index (χ3v) is 3.93. The average Bonchev–Trinajstić information content (AvgIpc) is 2.44. The molecule has 0 spiro atoms. The summed E-state index contributed by atoms with van der Waals surface area (Å²) in [6.45, 7) is 2.02. The maximum atomic E-state index is 11.5. The molecular formula is C14H14Br2N4O2. The Balaban J connectivity index is 2.14. The van der Waals surface area contributed by atoms with Gasteiger partial charge in [-0.05, 0) is 56.0 Å². The Morgan fingerprint density at radius 3 is 2.68 bits per heavy atom. The van der Waals surface area contributed by atoms with E-state index in [2.05, 4.69) is 52.4 Å². The molecule has 0 saturated heterocycles. The van der Waals surface area contributed by atoms with E-state index in [1.807, 2.05) is 6.92 Å². The molecule has 2 rings (SSSR count). The Kier molecular flexibility index (Phi) is 5.73. The molecule has 0 unspecified atom stereocenters. The van der Waals surface area contributed by atoms with E-state index in [9.17, 15) is 9.90 Å². The molecule has 116 valence electrons. The zero-order valence-electron chi connectivity index (χ0n) is 11.7. The summed E-state index contributed by atoms with van der Waals surface area (Å²) in [6, 6.07) is 4.91. The van der Waals surface area contributed by atoms with Crippen LogP contribution in [0.5, 0.6) is 5.75 Å². The van der Waals surface area contributed by atoms with Gasteiger partial charge in [-0.1, -0.05) is 13.3 Å². The number of benzene rings is 1. The molecule has 3 N–H and O–H groups in total. The van der Waals surface area contributed by atoms with E-state index in [1.54, 1.807) is 18.3 Å². The second-order valence-corrected chi connectivity index (χ2v) is 6.25. The van der Waals surface area contributed by atoms with Gasteiger partial charge in [0.2, 0.25) is 5.95 Å². The lowest BCUT2D eigenvalue weighted by Crippen LogP contribution is -2.11. The summed E-state index contributed by atoms with van der Waals surface area (Å²) in [5.41, 5.74) is 3.96. The van der Waals surface area contributed by atoms with Gasteiger partial charge in [0.1, 0.15) is 5.75 Å². The third kappa shape index (κ3) is 4.41. The molecular weight excluding hydrogens is 416 g/mol. The van der Waals surface area contributed by atoms with Gasteiger partial charge in [-0.3, -0.25) is 9.78 Å². The minimum Gasteiger partial charge on any atom is -0.506 e. The Morgan fingerprint density at radius 2 is 2.05 bits per heavy atom. The number of phenolic OH excluding ortho intramolecular Hbond substituents is 1. The second-order valence-electron chi connectivity index (χ2n) is 4.54. The number of rotatable bonds is 5. The van der Waals surface area contributed by atoms with E-state index in [0.717, 1.165) is 24.1 Å². The first-order chi connectivity index (χ1) is 10.5. The van der Waals surface area contributed by atoms with E-state index < -0.39 is 0 Å². The molecule has 0 radical (unpaired) electrons. The van der Waals surface area contributed by atoms with Gasteiger partial charge in [0.25, 0.3) is 5.56 Å². The number of anilines is 1. The highest BCUT2D eigenvalue weighted by atomic mass is 79.9. The van der Waals surface area contributed by atoms with Crippen LogP contribution in [-0.2, 0) is 6.42 Å². The van der Waals surface area contributed by atoms with Crippen molar-refractivity contribution in [2.45, 2.75) is 19.8 Å². The summed E-state index contributed by atoms with van der Waals surface area (Å²) in [5, 5.41) is 13.7. The number of nitrogens with one attached hydrogen (secondary N) is 2. The van der Waals surface area contributed by atoms with Crippen LogP contribution in [-0.4, -0.2) is 21.3 Å². The standard InChI is InChI=1S/C14H14Br2N4O2/c1-2-3-9-6-12(21)19-14(18-9)20-17-7-8-4-10(15)13(22)11(16)5-8/h4-7,22H,2-3H2,1H3,(H2,18,19,20,21)/b17-7+.